The van der Waals surface area contributed by atoms with Crippen LogP contribution < -0.4 is 10.6 Å². The maximum Gasteiger partial charge on any atom is 0.282 e. The Kier molecular flexibility index (Phi) is 3.85. The van der Waals surface area contributed by atoms with Gasteiger partial charge in [-0.2, -0.15) is 5.26 Å². The Hall–Kier alpha value is -1.86. The summed E-state index contributed by atoms with van der Waals surface area (Å²) >= 11 is 0. The van der Waals surface area contributed by atoms with Crippen LogP contribution in [0.2, 0.25) is 0 Å². The average Bonchev–Trinajstić information content (AvgIpc) is 2.53. The molecule has 0 aromatic heterocycles. The molecule has 5 rings (SSSR count). The third-order valence-electron chi connectivity index (χ3n) is 6.36. The van der Waals surface area contributed by atoms with Crippen LogP contribution in [-0.4, -0.2) is 17.5 Å². The molecule has 0 heterocycles. The summed E-state index contributed by atoms with van der Waals surface area (Å²) in [7, 11) is 0. The molecule has 4 nitrogen and oxygen atoms in total. The van der Waals surface area contributed by atoms with Gasteiger partial charge in [0.05, 0.1) is 17.2 Å². The summed E-state index contributed by atoms with van der Waals surface area (Å²) < 4.78 is 0. The van der Waals surface area contributed by atoms with Crippen LogP contribution in [-0.2, 0) is 4.79 Å². The second kappa shape index (κ2) is 5.89. The molecule has 1 aromatic rings. The molecular formula is C20H26N3O+. The van der Waals surface area contributed by atoms with E-state index in [1.807, 2.05) is 19.1 Å². The van der Waals surface area contributed by atoms with E-state index in [-0.39, 0.29) is 11.9 Å². The first-order valence-electron chi connectivity index (χ1n) is 9.22. The van der Waals surface area contributed by atoms with Gasteiger partial charge in [0.15, 0.2) is 6.04 Å². The number of nitrogens with two attached hydrogens (primary N) is 1. The largest absolute Gasteiger partial charge is 0.331 e. The molecule has 4 saturated carbocycles. The lowest BCUT2D eigenvalue weighted by Crippen LogP contribution is -3.03. The fourth-order valence-electron chi connectivity index (χ4n) is 5.91. The predicted molar refractivity (Wildman–Crippen MR) is 92.1 cm³/mol. The van der Waals surface area contributed by atoms with Gasteiger partial charge in [0.1, 0.15) is 0 Å². The first-order chi connectivity index (χ1) is 11.5. The van der Waals surface area contributed by atoms with Crippen molar-refractivity contribution in [3.63, 3.8) is 0 Å². The van der Waals surface area contributed by atoms with Crippen LogP contribution in [0.15, 0.2) is 24.3 Å². The van der Waals surface area contributed by atoms with Crippen LogP contribution in [0.4, 0.5) is 5.69 Å². The Morgan fingerprint density at radius 2 is 1.88 bits per heavy atom. The lowest BCUT2D eigenvalue weighted by atomic mass is 9.53. The maximum absolute atomic E-state index is 12.6. The quantitative estimate of drug-likeness (QED) is 0.893. The summed E-state index contributed by atoms with van der Waals surface area (Å²) in [5.74, 6) is 2.74. The summed E-state index contributed by atoms with van der Waals surface area (Å²) in [6.07, 6.45) is 8.15. The zero-order valence-corrected chi connectivity index (χ0v) is 14.3. The van der Waals surface area contributed by atoms with Crippen molar-refractivity contribution >= 4 is 11.6 Å². The summed E-state index contributed by atoms with van der Waals surface area (Å²) in [5.41, 5.74) is 1.59. The van der Waals surface area contributed by atoms with Gasteiger partial charge in [-0.15, -0.1) is 0 Å². The molecule has 3 N–H and O–H groups in total. The van der Waals surface area contributed by atoms with Crippen molar-refractivity contribution in [3.05, 3.63) is 29.8 Å². The molecule has 0 radical (unpaired) electrons. The van der Waals surface area contributed by atoms with Crippen molar-refractivity contribution in [2.75, 3.05) is 5.32 Å². The average molecular weight is 324 g/mol. The van der Waals surface area contributed by atoms with E-state index in [1.54, 1.807) is 12.1 Å². The molecule has 0 spiro atoms. The second-order valence-electron chi connectivity index (χ2n) is 8.42. The van der Waals surface area contributed by atoms with Crippen LogP contribution >= 0.6 is 0 Å². The molecule has 126 valence electrons. The van der Waals surface area contributed by atoms with Gasteiger partial charge in [0, 0.05) is 24.9 Å². The first-order valence-corrected chi connectivity index (χ1v) is 9.22. The second-order valence-corrected chi connectivity index (χ2v) is 8.42. The van der Waals surface area contributed by atoms with E-state index >= 15 is 0 Å². The minimum Gasteiger partial charge on any atom is -0.331 e. The third-order valence-corrected chi connectivity index (χ3v) is 6.36. The minimum atomic E-state index is -0.0907. The van der Waals surface area contributed by atoms with E-state index in [9.17, 15) is 4.79 Å². The zero-order valence-electron chi connectivity index (χ0n) is 14.3. The van der Waals surface area contributed by atoms with Gasteiger partial charge < -0.3 is 10.6 Å². The number of benzene rings is 1. The van der Waals surface area contributed by atoms with Crippen LogP contribution in [0.1, 0.15) is 51.0 Å². The van der Waals surface area contributed by atoms with Crippen molar-refractivity contribution in [2.24, 2.45) is 17.8 Å². The summed E-state index contributed by atoms with van der Waals surface area (Å²) in [6, 6.07) is 9.16. The highest BCUT2D eigenvalue weighted by Crippen LogP contribution is 2.54. The topological polar surface area (TPSA) is 69.5 Å². The molecule has 4 heteroatoms. The van der Waals surface area contributed by atoms with Crippen LogP contribution in [0, 0.1) is 29.1 Å². The zero-order chi connectivity index (χ0) is 16.7. The maximum atomic E-state index is 12.6. The summed E-state index contributed by atoms with van der Waals surface area (Å²) in [6.45, 7) is 2.02. The third kappa shape index (κ3) is 2.93. The number of amides is 1. The molecule has 1 aromatic carbocycles. The standard InChI is InChI=1S/C20H25N3O/c1-13(19(24)22-18-4-2-3-14(8-18)12-21)23-20-9-15-5-16(10-20)7-17(6-15)11-20/h2-4,8,13,15-17,23H,5-7,9-11H2,1H3,(H,22,24)/p+1/t13-,15?,16?,17?,20?/m0/s1. The van der Waals surface area contributed by atoms with Crippen molar-refractivity contribution < 1.29 is 10.1 Å². The molecule has 0 saturated heterocycles. The number of hydrogen-bond acceptors (Lipinski definition) is 2. The van der Waals surface area contributed by atoms with Gasteiger partial charge in [0.25, 0.3) is 5.91 Å². The molecule has 4 aliphatic carbocycles. The fraction of sp³-hybridized carbons (Fsp3) is 0.600. The highest BCUT2D eigenvalue weighted by atomic mass is 16.2. The van der Waals surface area contributed by atoms with Gasteiger partial charge >= 0.3 is 0 Å². The van der Waals surface area contributed by atoms with E-state index in [4.69, 9.17) is 5.26 Å². The molecule has 1 amide bonds. The fourth-order valence-corrected chi connectivity index (χ4v) is 5.91. The molecule has 4 bridgehead atoms. The molecular weight excluding hydrogens is 298 g/mol. The smallest absolute Gasteiger partial charge is 0.282 e. The lowest BCUT2D eigenvalue weighted by molar-refractivity contribution is -0.754. The van der Waals surface area contributed by atoms with Gasteiger partial charge in [-0.1, -0.05) is 6.07 Å². The molecule has 0 unspecified atom stereocenters. The van der Waals surface area contributed by atoms with Gasteiger partial charge in [-0.3, -0.25) is 4.79 Å². The number of quaternary nitrogens is 1. The van der Waals surface area contributed by atoms with E-state index < -0.39 is 0 Å². The molecule has 4 aliphatic rings. The minimum absolute atomic E-state index is 0.0424. The number of carbonyl (C=O) groups excluding carboxylic acids is 1. The van der Waals surface area contributed by atoms with Crippen LogP contribution in [0.25, 0.3) is 0 Å². The molecule has 4 fully saturated rings. The number of rotatable bonds is 4. The van der Waals surface area contributed by atoms with Crippen molar-refractivity contribution in [3.8, 4) is 6.07 Å². The van der Waals surface area contributed by atoms with Crippen molar-refractivity contribution in [2.45, 2.75) is 57.0 Å². The SMILES string of the molecule is C[C@H]([NH2+]C12CC3CC(CC(C3)C1)C2)C(=O)Nc1cccc(C#N)c1. The van der Waals surface area contributed by atoms with E-state index in [1.165, 1.54) is 38.5 Å². The van der Waals surface area contributed by atoms with Gasteiger partial charge in [-0.05, 0) is 62.1 Å². The van der Waals surface area contributed by atoms with Crippen LogP contribution in [0.5, 0.6) is 0 Å². The Bertz CT molecular complexity index is 655. The molecule has 24 heavy (non-hydrogen) atoms. The lowest BCUT2D eigenvalue weighted by Gasteiger charge is -2.55. The monoisotopic (exact) mass is 324 g/mol. The Morgan fingerprint density at radius 1 is 1.25 bits per heavy atom. The number of carbonyl (C=O) groups is 1. The Morgan fingerprint density at radius 3 is 2.46 bits per heavy atom. The highest BCUT2D eigenvalue weighted by Gasteiger charge is 2.54. The van der Waals surface area contributed by atoms with E-state index in [2.05, 4.69) is 16.7 Å². The summed E-state index contributed by atoms with van der Waals surface area (Å²) in [4.78, 5) is 12.6. The highest BCUT2D eigenvalue weighted by molar-refractivity contribution is 5.93. The number of anilines is 1. The van der Waals surface area contributed by atoms with Gasteiger partial charge in [-0.25, -0.2) is 0 Å². The van der Waals surface area contributed by atoms with Crippen LogP contribution in [0.3, 0.4) is 0 Å². The number of nitriles is 1. The number of hydrogen-bond donors (Lipinski definition) is 2. The van der Waals surface area contributed by atoms with Crippen molar-refractivity contribution in [1.82, 2.24) is 0 Å². The van der Waals surface area contributed by atoms with Gasteiger partial charge in [0.2, 0.25) is 0 Å². The summed E-state index contributed by atoms with van der Waals surface area (Å²) in [5, 5.41) is 14.3. The first kappa shape index (κ1) is 15.7. The molecule has 0 aliphatic heterocycles. The number of nitrogens with one attached hydrogen (secondary N) is 1. The Labute approximate surface area is 143 Å². The Balaban J connectivity index is 1.41. The predicted octanol–water partition coefficient (Wildman–Crippen LogP) is 2.42. The number of nitrogens with zero attached hydrogens (tertiary/aromatic N) is 1. The van der Waals surface area contributed by atoms with E-state index in [0.29, 0.717) is 16.8 Å². The molecule has 1 atom stereocenters. The van der Waals surface area contributed by atoms with Crippen molar-refractivity contribution in [1.29, 1.82) is 5.26 Å². The van der Waals surface area contributed by atoms with E-state index in [0.717, 1.165) is 17.8 Å². The normalized spacial score (nSPS) is 34.6.